The van der Waals surface area contributed by atoms with Crippen LogP contribution in [-0.2, 0) is 0 Å². The van der Waals surface area contributed by atoms with Crippen LogP contribution in [0, 0.1) is 20.8 Å². The largest absolute Gasteiger partial charge is 0.357 e. The molecule has 0 aliphatic heterocycles. The van der Waals surface area contributed by atoms with Crippen LogP contribution in [0.1, 0.15) is 16.7 Å². The molecule has 1 aromatic carbocycles. The van der Waals surface area contributed by atoms with Crippen molar-refractivity contribution in [3.8, 4) is 11.3 Å². The van der Waals surface area contributed by atoms with E-state index >= 15 is 0 Å². The predicted molar refractivity (Wildman–Crippen MR) is 80.9 cm³/mol. The first-order valence-corrected chi connectivity index (χ1v) is 6.57. The van der Waals surface area contributed by atoms with Crippen LogP contribution >= 0.6 is 0 Å². The summed E-state index contributed by atoms with van der Waals surface area (Å²) >= 11 is 0. The fourth-order valence-electron chi connectivity index (χ4n) is 2.69. The molecule has 5 nitrogen and oxygen atoms in total. The highest BCUT2D eigenvalue weighted by molar-refractivity contribution is 5.92. The number of aromatic nitrogens is 4. The molecule has 0 aliphatic rings. The van der Waals surface area contributed by atoms with E-state index in [0.717, 1.165) is 22.3 Å². The van der Waals surface area contributed by atoms with Crippen molar-refractivity contribution in [2.75, 3.05) is 12.4 Å². The number of H-pyrrole nitrogens is 1. The van der Waals surface area contributed by atoms with E-state index in [2.05, 4.69) is 58.4 Å². The number of rotatable bonds is 2. The van der Waals surface area contributed by atoms with Gasteiger partial charge in [0.15, 0.2) is 5.65 Å². The minimum absolute atomic E-state index is 0.594. The lowest BCUT2D eigenvalue weighted by Crippen LogP contribution is -2.00. The summed E-state index contributed by atoms with van der Waals surface area (Å²) in [7, 11) is 1.82. The van der Waals surface area contributed by atoms with Crippen LogP contribution in [0.2, 0.25) is 0 Å². The van der Waals surface area contributed by atoms with Gasteiger partial charge in [-0.3, -0.25) is 5.10 Å². The Bertz CT molecular complexity index is 765. The van der Waals surface area contributed by atoms with Crippen LogP contribution in [0.5, 0.6) is 0 Å². The molecule has 0 spiro atoms. The molecule has 2 heterocycles. The van der Waals surface area contributed by atoms with Gasteiger partial charge in [-0.05, 0) is 31.9 Å². The molecule has 0 aliphatic carbocycles. The smallest absolute Gasteiger partial charge is 0.225 e. The first-order chi connectivity index (χ1) is 9.60. The molecule has 0 atom stereocenters. The van der Waals surface area contributed by atoms with E-state index in [9.17, 15) is 0 Å². The standard InChI is InChI=1S/C15H17N5/c1-8-5-9(2)12(10(3)6-8)13-11-7-17-20-14(11)19-15(16-4)18-13/h5-7H,1-4H3,(H2,16,17,18,19,20). The Balaban J connectivity index is 2.37. The highest BCUT2D eigenvalue weighted by Crippen LogP contribution is 2.32. The molecule has 102 valence electrons. The number of anilines is 1. The van der Waals surface area contributed by atoms with Crippen LogP contribution in [0.4, 0.5) is 5.95 Å². The summed E-state index contributed by atoms with van der Waals surface area (Å²) in [6.45, 7) is 6.33. The number of aryl methyl sites for hydroxylation is 3. The summed E-state index contributed by atoms with van der Waals surface area (Å²) in [6.07, 6.45) is 1.78. The van der Waals surface area contributed by atoms with Gasteiger partial charge >= 0.3 is 0 Å². The van der Waals surface area contributed by atoms with Crippen molar-refractivity contribution < 1.29 is 0 Å². The van der Waals surface area contributed by atoms with E-state index in [1.807, 2.05) is 7.05 Å². The van der Waals surface area contributed by atoms with Gasteiger partial charge in [-0.25, -0.2) is 4.98 Å². The number of benzene rings is 1. The Labute approximate surface area is 117 Å². The molecular weight excluding hydrogens is 250 g/mol. The molecule has 0 amide bonds. The summed E-state index contributed by atoms with van der Waals surface area (Å²) in [6, 6.07) is 4.35. The van der Waals surface area contributed by atoms with Crippen LogP contribution in [0.3, 0.4) is 0 Å². The van der Waals surface area contributed by atoms with E-state index in [1.165, 1.54) is 16.7 Å². The van der Waals surface area contributed by atoms with E-state index in [0.29, 0.717) is 5.95 Å². The van der Waals surface area contributed by atoms with Gasteiger partial charge in [-0.1, -0.05) is 17.7 Å². The lowest BCUT2D eigenvalue weighted by atomic mass is 9.96. The van der Waals surface area contributed by atoms with Crippen LogP contribution in [0.25, 0.3) is 22.3 Å². The normalized spacial score (nSPS) is 11.0. The third-order valence-corrected chi connectivity index (χ3v) is 3.45. The van der Waals surface area contributed by atoms with Gasteiger partial charge in [0.05, 0.1) is 17.3 Å². The summed E-state index contributed by atoms with van der Waals surface area (Å²) in [4.78, 5) is 9.01. The Morgan fingerprint density at radius 1 is 1.05 bits per heavy atom. The van der Waals surface area contributed by atoms with Gasteiger partial charge in [-0.2, -0.15) is 10.1 Å². The molecule has 0 fully saturated rings. The maximum Gasteiger partial charge on any atom is 0.225 e. The molecule has 3 rings (SSSR count). The van der Waals surface area contributed by atoms with E-state index in [1.54, 1.807) is 6.20 Å². The van der Waals surface area contributed by atoms with Gasteiger partial charge in [0.25, 0.3) is 0 Å². The lowest BCUT2D eigenvalue weighted by Gasteiger charge is -2.12. The molecular formula is C15H17N5. The zero-order valence-corrected chi connectivity index (χ0v) is 12.1. The summed E-state index contributed by atoms with van der Waals surface area (Å²) in [5.41, 5.74) is 6.51. The molecule has 20 heavy (non-hydrogen) atoms. The molecule has 3 aromatic rings. The van der Waals surface area contributed by atoms with Crippen molar-refractivity contribution in [2.45, 2.75) is 20.8 Å². The topological polar surface area (TPSA) is 66.5 Å². The number of aromatic amines is 1. The van der Waals surface area contributed by atoms with Gasteiger partial charge < -0.3 is 5.32 Å². The molecule has 0 saturated heterocycles. The molecule has 0 bridgehead atoms. The average Bonchev–Trinajstić information content (AvgIpc) is 2.85. The van der Waals surface area contributed by atoms with Gasteiger partial charge in [0, 0.05) is 12.6 Å². The van der Waals surface area contributed by atoms with E-state index < -0.39 is 0 Å². The van der Waals surface area contributed by atoms with Crippen molar-refractivity contribution >= 4 is 17.0 Å². The Hall–Kier alpha value is -2.43. The molecule has 2 N–H and O–H groups in total. The van der Waals surface area contributed by atoms with Crippen molar-refractivity contribution in [3.05, 3.63) is 35.0 Å². The Kier molecular flexibility index (Phi) is 2.89. The number of nitrogens with zero attached hydrogens (tertiary/aromatic N) is 3. The fraction of sp³-hybridized carbons (Fsp3) is 0.267. The van der Waals surface area contributed by atoms with Crippen molar-refractivity contribution in [2.24, 2.45) is 0 Å². The third-order valence-electron chi connectivity index (χ3n) is 3.45. The molecule has 2 aromatic heterocycles. The van der Waals surface area contributed by atoms with Crippen LogP contribution in [-0.4, -0.2) is 27.2 Å². The van der Waals surface area contributed by atoms with Crippen LogP contribution < -0.4 is 5.32 Å². The molecule has 0 radical (unpaired) electrons. The number of hydrogen-bond acceptors (Lipinski definition) is 4. The maximum absolute atomic E-state index is 4.63. The molecule has 0 saturated carbocycles. The number of hydrogen-bond donors (Lipinski definition) is 2. The molecule has 5 heteroatoms. The zero-order valence-electron chi connectivity index (χ0n) is 12.1. The summed E-state index contributed by atoms with van der Waals surface area (Å²) < 4.78 is 0. The minimum atomic E-state index is 0.594. The SMILES string of the molecule is CNc1nc(-c2c(C)cc(C)cc2C)c2cn[nH]c2n1. The van der Waals surface area contributed by atoms with Crippen LogP contribution in [0.15, 0.2) is 18.3 Å². The lowest BCUT2D eigenvalue weighted by molar-refractivity contribution is 1.09. The van der Waals surface area contributed by atoms with E-state index in [4.69, 9.17) is 0 Å². The predicted octanol–water partition coefficient (Wildman–Crippen LogP) is 2.99. The second kappa shape index (κ2) is 4.59. The zero-order chi connectivity index (χ0) is 14.3. The van der Waals surface area contributed by atoms with Gasteiger partial charge in [-0.15, -0.1) is 0 Å². The maximum atomic E-state index is 4.63. The summed E-state index contributed by atoms with van der Waals surface area (Å²) in [5.74, 6) is 0.594. The van der Waals surface area contributed by atoms with E-state index in [-0.39, 0.29) is 0 Å². The fourth-order valence-corrected chi connectivity index (χ4v) is 2.69. The first kappa shape index (κ1) is 12.6. The second-order valence-corrected chi connectivity index (χ2v) is 5.05. The Morgan fingerprint density at radius 2 is 1.75 bits per heavy atom. The Morgan fingerprint density at radius 3 is 2.40 bits per heavy atom. The highest BCUT2D eigenvalue weighted by atomic mass is 15.2. The summed E-state index contributed by atoms with van der Waals surface area (Å²) in [5, 5.41) is 10.9. The quantitative estimate of drug-likeness (QED) is 0.749. The molecule has 0 unspecified atom stereocenters. The second-order valence-electron chi connectivity index (χ2n) is 5.05. The first-order valence-electron chi connectivity index (χ1n) is 6.57. The monoisotopic (exact) mass is 267 g/mol. The van der Waals surface area contributed by atoms with Crippen molar-refractivity contribution in [1.29, 1.82) is 0 Å². The average molecular weight is 267 g/mol. The highest BCUT2D eigenvalue weighted by Gasteiger charge is 2.15. The van der Waals surface area contributed by atoms with Crippen molar-refractivity contribution in [3.63, 3.8) is 0 Å². The van der Waals surface area contributed by atoms with Gasteiger partial charge in [0.1, 0.15) is 0 Å². The number of fused-ring (bicyclic) bond motifs is 1. The number of nitrogens with one attached hydrogen (secondary N) is 2. The van der Waals surface area contributed by atoms with Gasteiger partial charge in [0.2, 0.25) is 5.95 Å². The van der Waals surface area contributed by atoms with Crippen molar-refractivity contribution in [1.82, 2.24) is 20.2 Å². The third kappa shape index (κ3) is 1.91. The minimum Gasteiger partial charge on any atom is -0.357 e.